The fourth-order valence-corrected chi connectivity index (χ4v) is 3.46. The number of carbonyl (C=O) groups is 1. The van der Waals surface area contributed by atoms with Crippen LogP contribution in [0, 0.1) is 11.6 Å². The van der Waals surface area contributed by atoms with Crippen LogP contribution in [-0.4, -0.2) is 25.6 Å². The van der Waals surface area contributed by atoms with E-state index in [0.29, 0.717) is 5.75 Å². The lowest BCUT2D eigenvalue weighted by molar-refractivity contribution is 0.0934. The van der Waals surface area contributed by atoms with E-state index in [1.165, 1.54) is 6.92 Å². The SMILES string of the molecule is C[C@@H](NC(=O)c1coc(Oc2cccc(Br)c2)n1)c1cc(F)c(NS(C)(=O)=O)c(F)c1. The lowest BCUT2D eigenvalue weighted by Crippen LogP contribution is -2.27. The molecule has 0 spiro atoms. The molecule has 0 fully saturated rings. The van der Waals surface area contributed by atoms with Gasteiger partial charge in [-0.25, -0.2) is 17.2 Å². The third kappa shape index (κ3) is 6.01. The number of sulfonamides is 1. The number of anilines is 1. The van der Waals surface area contributed by atoms with E-state index >= 15 is 0 Å². The quantitative estimate of drug-likeness (QED) is 0.483. The number of nitrogens with one attached hydrogen (secondary N) is 2. The van der Waals surface area contributed by atoms with Crippen molar-refractivity contribution < 1.29 is 31.1 Å². The largest absolute Gasteiger partial charge is 0.416 e. The third-order valence-corrected chi connectivity index (χ3v) is 4.98. The highest BCUT2D eigenvalue weighted by atomic mass is 79.9. The monoisotopic (exact) mass is 515 g/mol. The van der Waals surface area contributed by atoms with Gasteiger partial charge in [0, 0.05) is 4.47 Å². The Balaban J connectivity index is 1.70. The summed E-state index contributed by atoms with van der Waals surface area (Å²) in [5, 5.41) is 2.52. The summed E-state index contributed by atoms with van der Waals surface area (Å²) >= 11 is 3.30. The number of hydrogen-bond donors (Lipinski definition) is 2. The lowest BCUT2D eigenvalue weighted by Gasteiger charge is -2.15. The number of aromatic nitrogens is 1. The summed E-state index contributed by atoms with van der Waals surface area (Å²) in [6.07, 6.45) is 1.69. The second kappa shape index (κ2) is 9.02. The van der Waals surface area contributed by atoms with Gasteiger partial charge in [-0.05, 0) is 42.8 Å². The van der Waals surface area contributed by atoms with Crippen molar-refractivity contribution in [3.05, 3.63) is 70.0 Å². The summed E-state index contributed by atoms with van der Waals surface area (Å²) < 4.78 is 63.9. The zero-order chi connectivity index (χ0) is 22.8. The number of rotatable bonds is 7. The molecule has 0 saturated carbocycles. The molecule has 8 nitrogen and oxygen atoms in total. The minimum atomic E-state index is -3.87. The number of hydrogen-bond acceptors (Lipinski definition) is 6. The molecule has 2 aromatic carbocycles. The van der Waals surface area contributed by atoms with Crippen LogP contribution in [0.15, 0.2) is 51.6 Å². The molecule has 1 amide bonds. The molecule has 3 aromatic rings. The van der Waals surface area contributed by atoms with E-state index in [0.717, 1.165) is 29.1 Å². The highest BCUT2D eigenvalue weighted by Crippen LogP contribution is 2.26. The summed E-state index contributed by atoms with van der Waals surface area (Å²) in [6, 6.07) is 7.91. The van der Waals surface area contributed by atoms with Gasteiger partial charge in [-0.3, -0.25) is 9.52 Å². The molecule has 12 heteroatoms. The van der Waals surface area contributed by atoms with E-state index < -0.39 is 39.3 Å². The summed E-state index contributed by atoms with van der Waals surface area (Å²) in [7, 11) is -3.87. The van der Waals surface area contributed by atoms with Crippen molar-refractivity contribution in [2.45, 2.75) is 13.0 Å². The van der Waals surface area contributed by atoms with Crippen LogP contribution in [0.25, 0.3) is 0 Å². The van der Waals surface area contributed by atoms with E-state index in [2.05, 4.69) is 26.2 Å². The Hall–Kier alpha value is -2.99. The minimum Gasteiger partial charge on any atom is -0.416 e. The first kappa shape index (κ1) is 22.7. The average molecular weight is 516 g/mol. The lowest BCUT2D eigenvalue weighted by atomic mass is 10.1. The van der Waals surface area contributed by atoms with Crippen LogP contribution in [0.5, 0.6) is 11.8 Å². The van der Waals surface area contributed by atoms with Gasteiger partial charge in [-0.1, -0.05) is 22.0 Å². The predicted molar refractivity (Wildman–Crippen MR) is 111 cm³/mol. The van der Waals surface area contributed by atoms with Gasteiger partial charge in [0.1, 0.15) is 17.7 Å². The van der Waals surface area contributed by atoms with Crippen LogP contribution in [0.4, 0.5) is 14.5 Å². The van der Waals surface area contributed by atoms with Gasteiger partial charge >= 0.3 is 6.08 Å². The highest BCUT2D eigenvalue weighted by molar-refractivity contribution is 9.10. The van der Waals surface area contributed by atoms with Crippen molar-refractivity contribution in [1.82, 2.24) is 10.3 Å². The molecule has 3 rings (SSSR count). The van der Waals surface area contributed by atoms with E-state index in [-0.39, 0.29) is 17.3 Å². The molecule has 0 bridgehead atoms. The Bertz CT molecular complexity index is 1210. The molecular weight excluding hydrogens is 500 g/mol. The predicted octanol–water partition coefficient (Wildman–Crippen LogP) is 4.37. The van der Waals surface area contributed by atoms with E-state index in [9.17, 15) is 22.0 Å². The van der Waals surface area contributed by atoms with Gasteiger partial charge in [0.05, 0.1) is 12.3 Å². The second-order valence-corrected chi connectivity index (χ2v) is 9.15. The van der Waals surface area contributed by atoms with Gasteiger partial charge in [0.15, 0.2) is 17.3 Å². The maximum absolute atomic E-state index is 14.2. The van der Waals surface area contributed by atoms with Crippen LogP contribution in [0.1, 0.15) is 29.0 Å². The molecule has 1 atom stereocenters. The van der Waals surface area contributed by atoms with Crippen LogP contribution in [0.2, 0.25) is 0 Å². The Morgan fingerprint density at radius 3 is 2.52 bits per heavy atom. The Kier molecular flexibility index (Phi) is 6.60. The summed E-state index contributed by atoms with van der Waals surface area (Å²) in [6.45, 7) is 1.49. The normalized spacial score (nSPS) is 12.3. The number of nitrogens with zero attached hydrogens (tertiary/aromatic N) is 1. The van der Waals surface area contributed by atoms with Crippen molar-refractivity contribution in [3.63, 3.8) is 0 Å². The molecule has 0 aliphatic heterocycles. The zero-order valence-corrected chi connectivity index (χ0v) is 18.6. The third-order valence-electron chi connectivity index (χ3n) is 3.92. The van der Waals surface area contributed by atoms with Crippen molar-refractivity contribution in [3.8, 4) is 11.8 Å². The number of carbonyl (C=O) groups excluding carboxylic acids is 1. The fraction of sp³-hybridized carbons (Fsp3) is 0.158. The molecule has 164 valence electrons. The topological polar surface area (TPSA) is 111 Å². The Morgan fingerprint density at radius 2 is 1.90 bits per heavy atom. The fourth-order valence-electron chi connectivity index (χ4n) is 2.52. The molecule has 0 unspecified atom stereocenters. The molecule has 1 aromatic heterocycles. The van der Waals surface area contributed by atoms with Crippen molar-refractivity contribution in [1.29, 1.82) is 0 Å². The standard InChI is InChI=1S/C19H16BrF2N3O5S/c1-10(11-6-14(21)17(15(22)7-11)25-31(2,27)28)23-18(26)16-9-29-19(24-16)30-13-5-3-4-12(20)8-13/h3-10,25H,1-2H3,(H,23,26)/t10-/m1/s1. The molecule has 0 aliphatic carbocycles. The van der Waals surface area contributed by atoms with Crippen LogP contribution >= 0.6 is 15.9 Å². The first-order valence-electron chi connectivity index (χ1n) is 8.68. The van der Waals surface area contributed by atoms with Crippen molar-refractivity contribution in [2.24, 2.45) is 0 Å². The number of oxazole rings is 1. The molecule has 0 saturated heterocycles. The number of benzene rings is 2. The maximum atomic E-state index is 14.2. The summed E-state index contributed by atoms with van der Waals surface area (Å²) in [5.41, 5.74) is -0.819. The van der Waals surface area contributed by atoms with Gasteiger partial charge in [0.25, 0.3) is 5.91 Å². The number of amides is 1. The van der Waals surface area contributed by atoms with Crippen LogP contribution in [-0.2, 0) is 10.0 Å². The van der Waals surface area contributed by atoms with Crippen molar-refractivity contribution >= 4 is 37.5 Å². The smallest absolute Gasteiger partial charge is 0.399 e. The maximum Gasteiger partial charge on any atom is 0.399 e. The Morgan fingerprint density at radius 1 is 1.23 bits per heavy atom. The van der Waals surface area contributed by atoms with Crippen LogP contribution < -0.4 is 14.8 Å². The molecular formula is C19H16BrF2N3O5S. The highest BCUT2D eigenvalue weighted by Gasteiger charge is 2.20. The van der Waals surface area contributed by atoms with E-state index in [1.54, 1.807) is 29.0 Å². The number of ether oxygens (including phenoxy) is 1. The van der Waals surface area contributed by atoms with Crippen molar-refractivity contribution in [2.75, 3.05) is 11.0 Å². The zero-order valence-electron chi connectivity index (χ0n) is 16.1. The molecule has 31 heavy (non-hydrogen) atoms. The number of halogens is 3. The molecule has 0 radical (unpaired) electrons. The van der Waals surface area contributed by atoms with E-state index in [4.69, 9.17) is 9.15 Å². The average Bonchev–Trinajstić information content (AvgIpc) is 3.12. The van der Waals surface area contributed by atoms with E-state index in [1.807, 2.05) is 0 Å². The van der Waals surface area contributed by atoms with Crippen LogP contribution in [0.3, 0.4) is 0 Å². The first-order valence-corrected chi connectivity index (χ1v) is 11.4. The molecule has 2 N–H and O–H groups in total. The van der Waals surface area contributed by atoms with Gasteiger partial charge < -0.3 is 14.5 Å². The second-order valence-electron chi connectivity index (χ2n) is 6.49. The first-order chi connectivity index (χ1) is 14.5. The van der Waals surface area contributed by atoms with Gasteiger partial charge in [-0.15, -0.1) is 0 Å². The summed E-state index contributed by atoms with van der Waals surface area (Å²) in [4.78, 5) is 16.3. The molecule has 0 aliphatic rings. The Labute approximate surface area is 184 Å². The van der Waals surface area contributed by atoms with Gasteiger partial charge in [-0.2, -0.15) is 4.98 Å². The summed E-state index contributed by atoms with van der Waals surface area (Å²) in [5.74, 6) is -2.47. The molecule has 1 heterocycles. The van der Waals surface area contributed by atoms with Gasteiger partial charge in [0.2, 0.25) is 10.0 Å². The minimum absolute atomic E-state index is 0.0801.